The van der Waals surface area contributed by atoms with E-state index in [2.05, 4.69) is 15.4 Å². The van der Waals surface area contributed by atoms with E-state index < -0.39 is 0 Å². The van der Waals surface area contributed by atoms with Gasteiger partial charge in [0.25, 0.3) is 0 Å². The summed E-state index contributed by atoms with van der Waals surface area (Å²) in [5.74, 6) is -0.179. The molecule has 0 radical (unpaired) electrons. The van der Waals surface area contributed by atoms with Gasteiger partial charge in [-0.3, -0.25) is 14.5 Å². The van der Waals surface area contributed by atoms with Crippen LogP contribution in [-0.2, 0) is 17.8 Å². The minimum Gasteiger partial charge on any atom is -0.396 e. The molecule has 0 aliphatic heterocycles. The third-order valence-corrected chi connectivity index (χ3v) is 3.91. The molecule has 2 N–H and O–H groups in total. The quantitative estimate of drug-likeness (QED) is 0.688. The summed E-state index contributed by atoms with van der Waals surface area (Å²) in [6, 6.07) is 13.5. The normalized spacial score (nSPS) is 12.2. The van der Waals surface area contributed by atoms with E-state index in [4.69, 9.17) is 0 Å². The summed E-state index contributed by atoms with van der Waals surface area (Å²) in [5, 5.41) is 17.6. The number of hydrogen-bond donors (Lipinski definition) is 2. The molecule has 2 heterocycles. The van der Waals surface area contributed by atoms with Gasteiger partial charge in [-0.05, 0) is 24.6 Å². The van der Waals surface area contributed by atoms with E-state index >= 15 is 0 Å². The molecule has 24 heavy (non-hydrogen) atoms. The van der Waals surface area contributed by atoms with E-state index in [0.29, 0.717) is 13.0 Å². The van der Waals surface area contributed by atoms with Crippen LogP contribution in [0.25, 0.3) is 10.9 Å². The molecule has 0 bridgehead atoms. The minimum absolute atomic E-state index is 0.00154. The fourth-order valence-corrected chi connectivity index (χ4v) is 2.62. The largest absolute Gasteiger partial charge is 0.396 e. The van der Waals surface area contributed by atoms with E-state index in [1.165, 1.54) is 0 Å². The number of pyridine rings is 1. The first kappa shape index (κ1) is 16.1. The van der Waals surface area contributed by atoms with Crippen LogP contribution in [0.4, 0.5) is 0 Å². The lowest BCUT2D eigenvalue weighted by Gasteiger charge is -2.15. The third kappa shape index (κ3) is 3.97. The predicted molar refractivity (Wildman–Crippen MR) is 91.3 cm³/mol. The Balaban J connectivity index is 1.54. The van der Waals surface area contributed by atoms with Gasteiger partial charge in [-0.25, -0.2) is 0 Å². The summed E-state index contributed by atoms with van der Waals surface area (Å²) in [7, 11) is 0. The van der Waals surface area contributed by atoms with E-state index in [-0.39, 0.29) is 25.0 Å². The predicted octanol–water partition coefficient (Wildman–Crippen LogP) is 1.40. The molecular formula is C18H20N4O2. The molecule has 1 unspecified atom stereocenters. The van der Waals surface area contributed by atoms with Gasteiger partial charge < -0.3 is 10.4 Å². The molecule has 1 aromatic carbocycles. The van der Waals surface area contributed by atoms with Crippen molar-refractivity contribution in [2.45, 2.75) is 13.0 Å². The summed E-state index contributed by atoms with van der Waals surface area (Å²) in [5.41, 5.74) is 1.84. The summed E-state index contributed by atoms with van der Waals surface area (Å²) < 4.78 is 1.68. The third-order valence-electron chi connectivity index (χ3n) is 3.91. The standard InChI is InChI=1S/C18H20N4O2/c23-13-14(9-16-6-3-4-8-19-16)10-20-18(24)12-22-17-7-2-1-5-15(17)11-21-22/h1-8,11,14,23H,9-10,12-13H2,(H,20,24). The van der Waals surface area contributed by atoms with E-state index in [9.17, 15) is 9.90 Å². The molecule has 3 rings (SSSR count). The van der Waals surface area contributed by atoms with Gasteiger partial charge in [0.05, 0.1) is 11.7 Å². The highest BCUT2D eigenvalue weighted by Gasteiger charge is 2.12. The maximum absolute atomic E-state index is 12.2. The van der Waals surface area contributed by atoms with E-state index in [1.54, 1.807) is 17.1 Å². The minimum atomic E-state index is -0.122. The van der Waals surface area contributed by atoms with Gasteiger partial charge in [0, 0.05) is 36.3 Å². The fraction of sp³-hybridized carbons (Fsp3) is 0.278. The van der Waals surface area contributed by atoms with E-state index in [1.807, 2.05) is 42.5 Å². The molecule has 0 saturated carbocycles. The molecule has 0 aliphatic rings. The van der Waals surface area contributed by atoms with Crippen molar-refractivity contribution in [3.05, 3.63) is 60.6 Å². The van der Waals surface area contributed by atoms with Gasteiger partial charge in [0.1, 0.15) is 6.54 Å². The van der Waals surface area contributed by atoms with Gasteiger partial charge in [-0.2, -0.15) is 5.10 Å². The summed E-state index contributed by atoms with van der Waals surface area (Å²) in [6.07, 6.45) is 4.10. The Morgan fingerprint density at radius 2 is 2.04 bits per heavy atom. The number of nitrogens with one attached hydrogen (secondary N) is 1. The smallest absolute Gasteiger partial charge is 0.241 e. The van der Waals surface area contributed by atoms with Gasteiger partial charge in [-0.1, -0.05) is 24.3 Å². The molecular weight excluding hydrogens is 304 g/mol. The number of aromatic nitrogens is 3. The van der Waals surface area contributed by atoms with Gasteiger partial charge in [-0.15, -0.1) is 0 Å². The van der Waals surface area contributed by atoms with Crippen molar-refractivity contribution in [2.24, 2.45) is 5.92 Å². The molecule has 0 aliphatic carbocycles. The average molecular weight is 324 g/mol. The zero-order valence-corrected chi connectivity index (χ0v) is 13.3. The van der Waals surface area contributed by atoms with Crippen LogP contribution in [0.2, 0.25) is 0 Å². The van der Waals surface area contributed by atoms with Crippen LogP contribution in [0.15, 0.2) is 54.9 Å². The van der Waals surface area contributed by atoms with Crippen molar-refractivity contribution in [3.63, 3.8) is 0 Å². The molecule has 6 heteroatoms. The number of aliphatic hydroxyl groups is 1. The number of nitrogens with zero attached hydrogens (tertiary/aromatic N) is 3. The zero-order valence-electron chi connectivity index (χ0n) is 13.3. The summed E-state index contributed by atoms with van der Waals surface area (Å²) in [6.45, 7) is 0.571. The van der Waals surface area contributed by atoms with Crippen LogP contribution >= 0.6 is 0 Å². The van der Waals surface area contributed by atoms with Crippen LogP contribution in [0.1, 0.15) is 5.69 Å². The Bertz CT molecular complexity index is 801. The van der Waals surface area contributed by atoms with Crippen molar-refractivity contribution >= 4 is 16.8 Å². The lowest BCUT2D eigenvalue weighted by atomic mass is 10.0. The first-order valence-electron chi connectivity index (χ1n) is 7.94. The lowest BCUT2D eigenvalue weighted by Crippen LogP contribution is -2.34. The highest BCUT2D eigenvalue weighted by Crippen LogP contribution is 2.12. The average Bonchev–Trinajstić information content (AvgIpc) is 3.02. The number of fused-ring (bicyclic) bond motifs is 1. The molecule has 2 aromatic heterocycles. The molecule has 0 saturated heterocycles. The van der Waals surface area contributed by atoms with Gasteiger partial charge in [0.15, 0.2) is 0 Å². The monoisotopic (exact) mass is 324 g/mol. The van der Waals surface area contributed by atoms with Gasteiger partial charge in [0.2, 0.25) is 5.91 Å². The number of amides is 1. The van der Waals surface area contributed by atoms with Crippen molar-refractivity contribution in [1.29, 1.82) is 0 Å². The van der Waals surface area contributed by atoms with Crippen molar-refractivity contribution < 1.29 is 9.90 Å². The Morgan fingerprint density at radius 1 is 1.21 bits per heavy atom. The summed E-state index contributed by atoms with van der Waals surface area (Å²) >= 11 is 0. The second-order valence-corrected chi connectivity index (χ2v) is 5.74. The topological polar surface area (TPSA) is 80.0 Å². The second-order valence-electron chi connectivity index (χ2n) is 5.74. The number of rotatable bonds is 7. The fourth-order valence-electron chi connectivity index (χ4n) is 2.62. The maximum Gasteiger partial charge on any atom is 0.241 e. The highest BCUT2D eigenvalue weighted by molar-refractivity contribution is 5.81. The molecule has 0 fully saturated rings. The lowest BCUT2D eigenvalue weighted by molar-refractivity contribution is -0.122. The van der Waals surface area contributed by atoms with Crippen LogP contribution in [0, 0.1) is 5.92 Å². The second kappa shape index (κ2) is 7.70. The molecule has 124 valence electrons. The van der Waals surface area contributed by atoms with Crippen LogP contribution in [0.3, 0.4) is 0 Å². The number of carbonyl (C=O) groups excluding carboxylic acids is 1. The Kier molecular flexibility index (Phi) is 5.18. The van der Waals surface area contributed by atoms with Crippen LogP contribution in [-0.4, -0.2) is 38.9 Å². The molecule has 6 nitrogen and oxygen atoms in total. The Labute approximate surface area is 140 Å². The number of benzene rings is 1. The Hall–Kier alpha value is -2.73. The van der Waals surface area contributed by atoms with Crippen molar-refractivity contribution in [3.8, 4) is 0 Å². The number of aliphatic hydroxyl groups excluding tert-OH is 1. The number of para-hydroxylation sites is 1. The SMILES string of the molecule is O=C(Cn1ncc2ccccc21)NCC(CO)Cc1ccccn1. The molecule has 3 aromatic rings. The first-order chi connectivity index (χ1) is 11.8. The van der Waals surface area contributed by atoms with Gasteiger partial charge >= 0.3 is 0 Å². The molecule has 1 atom stereocenters. The van der Waals surface area contributed by atoms with Crippen molar-refractivity contribution in [1.82, 2.24) is 20.1 Å². The summed E-state index contributed by atoms with van der Waals surface area (Å²) in [4.78, 5) is 16.4. The Morgan fingerprint density at radius 3 is 2.83 bits per heavy atom. The van der Waals surface area contributed by atoms with E-state index in [0.717, 1.165) is 16.6 Å². The maximum atomic E-state index is 12.2. The highest BCUT2D eigenvalue weighted by atomic mass is 16.3. The molecule has 0 spiro atoms. The van der Waals surface area contributed by atoms with Crippen LogP contribution in [0.5, 0.6) is 0 Å². The number of hydrogen-bond acceptors (Lipinski definition) is 4. The first-order valence-corrected chi connectivity index (χ1v) is 7.94. The number of carbonyl (C=O) groups is 1. The van der Waals surface area contributed by atoms with Crippen LogP contribution < -0.4 is 5.32 Å². The zero-order chi connectivity index (χ0) is 16.8. The molecule has 1 amide bonds. The van der Waals surface area contributed by atoms with Crippen molar-refractivity contribution in [2.75, 3.05) is 13.2 Å².